The third kappa shape index (κ3) is 1.69. The molecule has 1 aliphatic heterocycles. The number of pyridine rings is 1. The minimum atomic E-state index is 0.559. The van der Waals surface area contributed by atoms with E-state index in [9.17, 15) is 0 Å². The van der Waals surface area contributed by atoms with E-state index in [0.717, 1.165) is 28.9 Å². The number of nitrogens with zero attached hydrogens (tertiary/aromatic N) is 2. The van der Waals surface area contributed by atoms with E-state index >= 15 is 0 Å². The summed E-state index contributed by atoms with van der Waals surface area (Å²) in [4.78, 5) is 6.59. The minimum Gasteiger partial charge on any atom is -0.356 e. The zero-order valence-corrected chi connectivity index (χ0v) is 8.92. The Kier molecular flexibility index (Phi) is 2.51. The summed E-state index contributed by atoms with van der Waals surface area (Å²) in [7, 11) is 0. The SMILES string of the molecule is NCc1cc(N2CCC2)ncc1Br. The smallest absolute Gasteiger partial charge is 0.128 e. The van der Waals surface area contributed by atoms with Crippen LogP contribution in [0.15, 0.2) is 16.7 Å². The number of halogens is 1. The Morgan fingerprint density at radius 2 is 2.31 bits per heavy atom. The van der Waals surface area contributed by atoms with Gasteiger partial charge in [-0.15, -0.1) is 0 Å². The molecule has 13 heavy (non-hydrogen) atoms. The van der Waals surface area contributed by atoms with Gasteiger partial charge >= 0.3 is 0 Å². The Morgan fingerprint density at radius 3 is 2.85 bits per heavy atom. The Balaban J connectivity index is 2.26. The molecule has 0 spiro atoms. The zero-order chi connectivity index (χ0) is 9.26. The molecule has 70 valence electrons. The van der Waals surface area contributed by atoms with Crippen LogP contribution < -0.4 is 10.6 Å². The maximum atomic E-state index is 5.60. The van der Waals surface area contributed by atoms with Crippen LogP contribution in [0.1, 0.15) is 12.0 Å². The highest BCUT2D eigenvalue weighted by molar-refractivity contribution is 9.10. The van der Waals surface area contributed by atoms with Crippen molar-refractivity contribution in [1.82, 2.24) is 4.98 Å². The largest absolute Gasteiger partial charge is 0.356 e. The lowest BCUT2D eigenvalue weighted by Gasteiger charge is -2.32. The lowest BCUT2D eigenvalue weighted by Crippen LogP contribution is -2.37. The molecule has 1 fully saturated rings. The van der Waals surface area contributed by atoms with Crippen molar-refractivity contribution in [1.29, 1.82) is 0 Å². The summed E-state index contributed by atoms with van der Waals surface area (Å²) in [6, 6.07) is 2.06. The first kappa shape index (κ1) is 8.97. The number of hydrogen-bond donors (Lipinski definition) is 1. The fourth-order valence-corrected chi connectivity index (χ4v) is 1.72. The van der Waals surface area contributed by atoms with Gasteiger partial charge in [0.05, 0.1) is 0 Å². The molecule has 2 N–H and O–H groups in total. The van der Waals surface area contributed by atoms with Gasteiger partial charge < -0.3 is 10.6 Å². The second-order valence-corrected chi connectivity index (χ2v) is 4.03. The van der Waals surface area contributed by atoms with Crippen molar-refractivity contribution in [3.05, 3.63) is 22.3 Å². The lowest BCUT2D eigenvalue weighted by atomic mass is 10.2. The van der Waals surface area contributed by atoms with Crippen molar-refractivity contribution in [2.45, 2.75) is 13.0 Å². The zero-order valence-electron chi connectivity index (χ0n) is 7.33. The van der Waals surface area contributed by atoms with Crippen LogP contribution >= 0.6 is 15.9 Å². The first-order valence-electron chi connectivity index (χ1n) is 4.40. The van der Waals surface area contributed by atoms with Crippen LogP contribution in [0.3, 0.4) is 0 Å². The van der Waals surface area contributed by atoms with Gasteiger partial charge in [0.2, 0.25) is 0 Å². The molecule has 1 aromatic rings. The molecule has 0 amide bonds. The molecule has 4 heteroatoms. The van der Waals surface area contributed by atoms with Crippen LogP contribution in [-0.2, 0) is 6.54 Å². The van der Waals surface area contributed by atoms with E-state index in [1.807, 2.05) is 6.20 Å². The average molecular weight is 242 g/mol. The van der Waals surface area contributed by atoms with Gasteiger partial charge in [0.15, 0.2) is 0 Å². The topological polar surface area (TPSA) is 42.1 Å². The molecule has 0 unspecified atom stereocenters. The van der Waals surface area contributed by atoms with Gasteiger partial charge in [-0.3, -0.25) is 0 Å². The number of hydrogen-bond acceptors (Lipinski definition) is 3. The number of rotatable bonds is 2. The first-order chi connectivity index (χ1) is 6.31. The average Bonchev–Trinajstić information content (AvgIpc) is 2.05. The van der Waals surface area contributed by atoms with Crippen LogP contribution in [0.5, 0.6) is 0 Å². The van der Waals surface area contributed by atoms with Crippen LogP contribution in [0, 0.1) is 0 Å². The van der Waals surface area contributed by atoms with Crippen molar-refractivity contribution in [2.75, 3.05) is 18.0 Å². The van der Waals surface area contributed by atoms with Gasteiger partial charge in [-0.1, -0.05) is 0 Å². The van der Waals surface area contributed by atoms with E-state index < -0.39 is 0 Å². The van der Waals surface area contributed by atoms with E-state index in [2.05, 4.69) is 31.9 Å². The van der Waals surface area contributed by atoms with Crippen molar-refractivity contribution in [3.63, 3.8) is 0 Å². The fraction of sp³-hybridized carbons (Fsp3) is 0.444. The highest BCUT2D eigenvalue weighted by Crippen LogP contribution is 2.23. The van der Waals surface area contributed by atoms with Crippen molar-refractivity contribution >= 4 is 21.7 Å². The Bertz CT molecular complexity index is 310. The molecule has 0 bridgehead atoms. The summed E-state index contributed by atoms with van der Waals surface area (Å²) in [5.41, 5.74) is 6.72. The summed E-state index contributed by atoms with van der Waals surface area (Å²) in [5.74, 6) is 1.05. The van der Waals surface area contributed by atoms with Gasteiger partial charge in [-0.2, -0.15) is 0 Å². The number of anilines is 1. The van der Waals surface area contributed by atoms with Crippen LogP contribution in [0.4, 0.5) is 5.82 Å². The molecule has 0 radical (unpaired) electrons. The van der Waals surface area contributed by atoms with Crippen LogP contribution in [0.25, 0.3) is 0 Å². The Hall–Kier alpha value is -0.610. The van der Waals surface area contributed by atoms with Gasteiger partial charge in [-0.25, -0.2) is 4.98 Å². The molecule has 1 saturated heterocycles. The van der Waals surface area contributed by atoms with Crippen LogP contribution in [0.2, 0.25) is 0 Å². The highest BCUT2D eigenvalue weighted by Gasteiger charge is 2.16. The third-order valence-corrected chi connectivity index (χ3v) is 3.03. The van der Waals surface area contributed by atoms with E-state index in [0.29, 0.717) is 6.54 Å². The standard InChI is InChI=1S/C9H12BrN3/c10-8-6-12-9(4-7(8)5-11)13-2-1-3-13/h4,6H,1-3,5,11H2. The van der Waals surface area contributed by atoms with Crippen LogP contribution in [-0.4, -0.2) is 18.1 Å². The molecule has 2 rings (SSSR count). The van der Waals surface area contributed by atoms with E-state index in [4.69, 9.17) is 5.73 Å². The summed E-state index contributed by atoms with van der Waals surface area (Å²) >= 11 is 3.42. The van der Waals surface area contributed by atoms with Crippen molar-refractivity contribution in [3.8, 4) is 0 Å². The Morgan fingerprint density at radius 1 is 1.54 bits per heavy atom. The molecule has 1 aliphatic rings. The predicted octanol–water partition coefficient (Wildman–Crippen LogP) is 1.51. The monoisotopic (exact) mass is 241 g/mol. The van der Waals surface area contributed by atoms with Crippen molar-refractivity contribution in [2.24, 2.45) is 5.73 Å². The van der Waals surface area contributed by atoms with E-state index in [1.54, 1.807) is 0 Å². The molecule has 0 atom stereocenters. The summed E-state index contributed by atoms with van der Waals surface area (Å²) < 4.78 is 0.999. The molecule has 3 nitrogen and oxygen atoms in total. The molecule has 0 saturated carbocycles. The summed E-state index contributed by atoms with van der Waals surface area (Å²) in [5, 5.41) is 0. The first-order valence-corrected chi connectivity index (χ1v) is 5.20. The lowest BCUT2D eigenvalue weighted by molar-refractivity contribution is 0.609. The minimum absolute atomic E-state index is 0.559. The fourth-order valence-electron chi connectivity index (χ4n) is 1.34. The number of nitrogens with two attached hydrogens (primary N) is 1. The van der Waals surface area contributed by atoms with Gasteiger partial charge in [0, 0.05) is 30.3 Å². The Labute approximate surface area is 86.1 Å². The maximum absolute atomic E-state index is 5.60. The molecule has 2 heterocycles. The highest BCUT2D eigenvalue weighted by atomic mass is 79.9. The second kappa shape index (κ2) is 3.64. The quantitative estimate of drug-likeness (QED) is 0.854. The van der Waals surface area contributed by atoms with E-state index in [-0.39, 0.29) is 0 Å². The van der Waals surface area contributed by atoms with Gasteiger partial charge in [-0.05, 0) is 34.0 Å². The molecule has 0 aromatic carbocycles. The predicted molar refractivity (Wildman–Crippen MR) is 56.7 cm³/mol. The summed E-state index contributed by atoms with van der Waals surface area (Å²) in [6.07, 6.45) is 3.10. The summed E-state index contributed by atoms with van der Waals surface area (Å²) in [6.45, 7) is 2.81. The molecular weight excluding hydrogens is 230 g/mol. The second-order valence-electron chi connectivity index (χ2n) is 3.18. The van der Waals surface area contributed by atoms with Gasteiger partial charge in [0.1, 0.15) is 5.82 Å². The van der Waals surface area contributed by atoms with E-state index in [1.165, 1.54) is 6.42 Å². The maximum Gasteiger partial charge on any atom is 0.128 e. The molecule has 1 aromatic heterocycles. The molecular formula is C9H12BrN3. The number of aromatic nitrogens is 1. The van der Waals surface area contributed by atoms with Crippen molar-refractivity contribution < 1.29 is 0 Å². The third-order valence-electron chi connectivity index (χ3n) is 2.32. The van der Waals surface area contributed by atoms with Gasteiger partial charge in [0.25, 0.3) is 0 Å². The molecule has 0 aliphatic carbocycles. The normalized spacial score (nSPS) is 15.7.